The second-order valence-electron chi connectivity index (χ2n) is 20.0. The van der Waals surface area contributed by atoms with Gasteiger partial charge in [-0.25, -0.2) is 4.79 Å². The predicted molar refractivity (Wildman–Crippen MR) is 244 cm³/mol. The fourth-order valence-electron chi connectivity index (χ4n) is 10.5. The molecule has 0 aromatic carbocycles. The number of amides is 1. The Kier molecular flexibility index (Phi) is 21.1. The summed E-state index contributed by atoms with van der Waals surface area (Å²) >= 11 is 0. The van der Waals surface area contributed by atoms with Crippen molar-refractivity contribution in [2.75, 3.05) is 26.9 Å². The van der Waals surface area contributed by atoms with Gasteiger partial charge in [0.2, 0.25) is 5.79 Å². The van der Waals surface area contributed by atoms with Crippen molar-refractivity contribution in [1.29, 1.82) is 0 Å². The zero-order valence-electron chi connectivity index (χ0n) is 39.9. The minimum absolute atomic E-state index is 0.0368. The van der Waals surface area contributed by atoms with E-state index in [2.05, 4.69) is 0 Å². The van der Waals surface area contributed by atoms with Crippen molar-refractivity contribution >= 4 is 23.4 Å². The van der Waals surface area contributed by atoms with Crippen LogP contribution in [-0.2, 0) is 33.4 Å². The molecule has 3 aliphatic heterocycles. The molecule has 13 nitrogen and oxygen atoms in total. The molecule has 15 atom stereocenters. The van der Waals surface area contributed by atoms with Crippen LogP contribution in [0.4, 0.5) is 0 Å². The van der Waals surface area contributed by atoms with Crippen LogP contribution < -0.4 is 0 Å². The highest BCUT2D eigenvalue weighted by Crippen LogP contribution is 2.38. The second-order valence-corrected chi connectivity index (χ2v) is 20.0. The van der Waals surface area contributed by atoms with Gasteiger partial charge < -0.3 is 44.6 Å². The highest BCUT2D eigenvalue weighted by molar-refractivity contribution is 6.39. The highest BCUT2D eigenvalue weighted by Gasteiger charge is 2.53. The predicted octanol–water partition coefficient (Wildman–Crippen LogP) is 6.19. The van der Waals surface area contributed by atoms with Crippen LogP contribution in [0.5, 0.6) is 0 Å². The van der Waals surface area contributed by atoms with Crippen molar-refractivity contribution in [2.45, 2.75) is 174 Å². The van der Waals surface area contributed by atoms with Gasteiger partial charge in [-0.2, -0.15) is 0 Å². The molecule has 4 aliphatic rings. The minimum atomic E-state index is -2.39. The topological polar surface area (TPSA) is 200 Å². The number of hydrogen-bond donors (Lipinski definition) is 5. The maximum Gasteiger partial charge on any atom is 0.329 e. The van der Waals surface area contributed by atoms with Crippen LogP contribution in [0, 0.1) is 47.3 Å². The normalized spacial score (nSPS) is 40.8. The van der Waals surface area contributed by atoms with E-state index in [1.165, 1.54) is 4.90 Å². The van der Waals surface area contributed by atoms with Gasteiger partial charge in [-0.3, -0.25) is 14.4 Å². The number of piperidine rings is 1. The number of methoxy groups -OCH3 is 1. The number of Topliss-reactive ketones (excluding diaryl/α,β-unsaturated/α-hetero) is 2. The molecule has 3 heterocycles. The van der Waals surface area contributed by atoms with Gasteiger partial charge in [0.1, 0.15) is 17.9 Å². The Morgan fingerprint density at radius 1 is 0.844 bits per heavy atom. The van der Waals surface area contributed by atoms with E-state index in [1.54, 1.807) is 21.0 Å². The van der Waals surface area contributed by atoms with Gasteiger partial charge in [0.05, 0.1) is 36.9 Å². The summed E-state index contributed by atoms with van der Waals surface area (Å²) in [7, 11) is 1.58. The molecular weight excluding hydrogens is 819 g/mol. The van der Waals surface area contributed by atoms with Gasteiger partial charge in [0.25, 0.3) is 11.7 Å². The lowest BCUT2D eigenvalue weighted by Crippen LogP contribution is -2.61. The van der Waals surface area contributed by atoms with Gasteiger partial charge >= 0.3 is 5.97 Å². The Morgan fingerprint density at radius 2 is 1.58 bits per heavy atom. The molecule has 4 rings (SSSR count). The molecule has 3 fully saturated rings. The van der Waals surface area contributed by atoms with Crippen LogP contribution in [0.25, 0.3) is 0 Å². The lowest BCUT2D eigenvalue weighted by atomic mass is 9.75. The monoisotopic (exact) mass is 900 g/mol. The number of cyclic esters (lactones) is 1. The lowest BCUT2D eigenvalue weighted by Gasteiger charge is -2.42. The zero-order chi connectivity index (χ0) is 47.3. The van der Waals surface area contributed by atoms with Crippen LogP contribution >= 0.6 is 0 Å². The number of nitrogens with zero attached hydrogens (tertiary/aromatic N) is 1. The molecular formula is C51H81NO12. The minimum Gasteiger partial charge on any atom is -0.461 e. The molecule has 1 unspecified atom stereocenters. The third-order valence-corrected chi connectivity index (χ3v) is 14.7. The maximum atomic E-state index is 14.3. The van der Waals surface area contributed by atoms with E-state index >= 15 is 0 Å². The number of ketones is 2. The van der Waals surface area contributed by atoms with Crippen molar-refractivity contribution in [2.24, 2.45) is 47.3 Å². The number of ether oxygens (including phenoxy) is 3. The van der Waals surface area contributed by atoms with Crippen molar-refractivity contribution in [1.82, 2.24) is 4.90 Å². The molecule has 0 radical (unpaired) electrons. The Bertz CT molecular complexity index is 1670. The van der Waals surface area contributed by atoms with Crippen molar-refractivity contribution in [3.63, 3.8) is 0 Å². The van der Waals surface area contributed by atoms with Crippen LogP contribution in [0.2, 0.25) is 0 Å². The number of hydrogen-bond acceptors (Lipinski definition) is 12. The number of fused-ring (bicyclic) bond motifs is 3. The summed E-state index contributed by atoms with van der Waals surface area (Å²) < 4.78 is 18.4. The fourth-order valence-corrected chi connectivity index (χ4v) is 10.5. The van der Waals surface area contributed by atoms with Gasteiger partial charge in [0, 0.05) is 44.4 Å². The van der Waals surface area contributed by atoms with Crippen molar-refractivity contribution in [3.05, 3.63) is 47.6 Å². The average Bonchev–Trinajstić information content (AvgIpc) is 3.27. The molecule has 5 N–H and O–H groups in total. The van der Waals surface area contributed by atoms with Crippen molar-refractivity contribution in [3.8, 4) is 0 Å². The molecule has 0 aromatic heterocycles. The first-order chi connectivity index (χ1) is 30.3. The number of carbonyl (C=O) groups excluding carboxylic acids is 4. The van der Waals surface area contributed by atoms with E-state index in [0.29, 0.717) is 82.6 Å². The molecule has 362 valence electrons. The van der Waals surface area contributed by atoms with E-state index in [-0.39, 0.29) is 48.5 Å². The molecule has 1 amide bonds. The molecule has 0 spiro atoms. The SMILES string of the molecule is CO[C@H]1C[C@@H]2CC[C@@H](C)[C@@](O)(O2)C(=O)C(=O)N2CCCC[C@H]2C(=O)O[C@H](C(C)C[C@@H]2CC[C@@H](O)[C@H](CO)C2)CC[C@H](C)/C=C(\C)[C@@H](O)[C@@H](CO)C(=O)[C@H](C)C[C@H](C)/C=C/C=C/C=C/1C. The van der Waals surface area contributed by atoms with Crippen molar-refractivity contribution < 1.29 is 58.9 Å². The summed E-state index contributed by atoms with van der Waals surface area (Å²) in [5, 5.41) is 54.1. The summed E-state index contributed by atoms with van der Waals surface area (Å²) in [6.07, 6.45) is 15.2. The Labute approximate surface area is 382 Å². The number of carbonyl (C=O) groups is 4. The Morgan fingerprint density at radius 3 is 2.27 bits per heavy atom. The standard InChI is InChI=1S/C51H81NO12/c1-31-14-10-9-11-15-33(3)45(62-8)28-40-20-18-37(7)51(61,64-40)48(58)49(59)52-23-13-12-16-42(52)50(60)63-44(34(4)26-38-19-21-43(55)39(27-38)29-53)22-17-32(2)25-36(6)47(57)41(30-54)46(56)35(5)24-31/h9-11,14-15,25,31-32,34-35,37-45,47,53-55,57,61H,12-13,16-24,26-30H2,1-8H3/b11-9+,14-10+,33-15+,36-25+/t31-,32+,34?,35-,37-,38+,39+,40+,41+,42+,43-,44+,45+,47-,51-/m1/s1. The van der Waals surface area contributed by atoms with E-state index in [4.69, 9.17) is 14.2 Å². The molecule has 1 saturated carbocycles. The smallest absolute Gasteiger partial charge is 0.329 e. The summed E-state index contributed by atoms with van der Waals surface area (Å²) in [4.78, 5) is 57.6. The summed E-state index contributed by atoms with van der Waals surface area (Å²) in [6, 6.07) is -1.04. The maximum absolute atomic E-state index is 14.3. The van der Waals surface area contributed by atoms with E-state index in [9.17, 15) is 44.7 Å². The first-order valence-electron chi connectivity index (χ1n) is 24.1. The summed E-state index contributed by atoms with van der Waals surface area (Å²) in [6.45, 7) is 12.8. The summed E-state index contributed by atoms with van der Waals surface area (Å²) in [5.74, 6) is -7.61. The van der Waals surface area contributed by atoms with Gasteiger partial charge in [-0.05, 0) is 126 Å². The first kappa shape index (κ1) is 53.6. The van der Waals surface area contributed by atoms with E-state index in [0.717, 1.165) is 12.0 Å². The second kappa shape index (κ2) is 25.2. The Hall–Kier alpha value is -3.04. The molecule has 1 aliphatic carbocycles. The average molecular weight is 900 g/mol. The molecule has 64 heavy (non-hydrogen) atoms. The number of aliphatic hydroxyl groups is 5. The Balaban J connectivity index is 1.67. The van der Waals surface area contributed by atoms with Crippen LogP contribution in [-0.4, -0.2) is 123 Å². The molecule has 0 aromatic rings. The van der Waals surface area contributed by atoms with E-state index < -0.39 is 84.4 Å². The van der Waals surface area contributed by atoms with Crippen LogP contribution in [0.15, 0.2) is 47.6 Å². The number of allylic oxidation sites excluding steroid dienone is 6. The first-order valence-corrected chi connectivity index (χ1v) is 24.1. The largest absolute Gasteiger partial charge is 0.461 e. The quantitative estimate of drug-likeness (QED) is 0.115. The highest BCUT2D eigenvalue weighted by atomic mass is 16.6. The number of rotatable bonds is 6. The molecule has 13 heteroatoms. The fraction of sp³-hybridized carbons (Fsp3) is 0.765. The van der Waals surface area contributed by atoms with Gasteiger partial charge in [-0.1, -0.05) is 71.1 Å². The third kappa shape index (κ3) is 14.2. The molecule has 2 saturated heterocycles. The lowest BCUT2D eigenvalue weighted by molar-refractivity contribution is -0.265. The van der Waals surface area contributed by atoms with Gasteiger partial charge in [-0.15, -0.1) is 0 Å². The van der Waals surface area contributed by atoms with Crippen LogP contribution in [0.3, 0.4) is 0 Å². The third-order valence-electron chi connectivity index (χ3n) is 14.7. The van der Waals surface area contributed by atoms with Crippen LogP contribution in [0.1, 0.15) is 132 Å². The van der Waals surface area contributed by atoms with Gasteiger partial charge in [0.15, 0.2) is 0 Å². The summed E-state index contributed by atoms with van der Waals surface area (Å²) in [5.41, 5.74) is 1.45. The number of aliphatic hydroxyl groups excluding tert-OH is 4. The number of esters is 1. The van der Waals surface area contributed by atoms with E-state index in [1.807, 2.05) is 71.1 Å². The zero-order valence-corrected chi connectivity index (χ0v) is 39.9. The molecule has 2 bridgehead atoms.